The first kappa shape index (κ1) is 23.1. The zero-order valence-electron chi connectivity index (χ0n) is 2.45. The third-order valence-electron chi connectivity index (χ3n) is 0. The maximum atomic E-state index is 4.09. The van der Waals surface area contributed by atoms with Gasteiger partial charge in [0.15, 0.2) is 0 Å². The zero-order chi connectivity index (χ0) is 4.00. The summed E-state index contributed by atoms with van der Waals surface area (Å²) in [7, 11) is 4.09. The molecule has 0 aliphatic rings. The van der Waals surface area contributed by atoms with Crippen molar-refractivity contribution in [1.82, 2.24) is 0 Å². The number of hydrogen-bond donors (Lipinski definition) is 0. The predicted molar refractivity (Wildman–Crippen MR) is 22.3 cm³/mol. The molecule has 0 heterocycles. The van der Waals surface area contributed by atoms with Crippen LogP contribution in [0, 0.1) is 0 Å². The van der Waals surface area contributed by atoms with Crippen LogP contribution in [0.15, 0.2) is 0 Å². The molecule has 0 radical (unpaired) electrons. The Bertz CT molecular complexity index is 6.00. The molecular weight excluding hydrogens is 384 g/mol. The van der Waals surface area contributed by atoms with Crippen LogP contribution in [-0.4, -0.2) is 0 Å². The van der Waals surface area contributed by atoms with E-state index in [0.717, 1.165) is 0 Å². The number of hydrogen-bond acceptors (Lipinski definition) is 3. The van der Waals surface area contributed by atoms with Crippen molar-refractivity contribution in [2.75, 3.05) is 0 Å². The second-order valence-corrected chi connectivity index (χ2v) is 0. The van der Waals surface area contributed by atoms with Crippen molar-refractivity contribution in [2.24, 2.45) is 0 Å². The van der Waals surface area contributed by atoms with Crippen LogP contribution in [0.1, 0.15) is 0 Å². The quantitative estimate of drug-likeness (QED) is 0.342. The van der Waals surface area contributed by atoms with E-state index in [9.17, 15) is 0 Å². The third kappa shape index (κ3) is 28.1. The Hall–Kier alpha value is 2.98. The molecule has 0 aromatic carbocycles. The summed E-state index contributed by atoms with van der Waals surface area (Å²) in [5.41, 5.74) is 0. The van der Waals surface area contributed by atoms with Gasteiger partial charge < -0.3 is 23.3 Å². The monoisotopic (exact) mass is 390 g/mol. The van der Waals surface area contributed by atoms with Gasteiger partial charge in [-0.1, -0.05) is 0 Å². The van der Waals surface area contributed by atoms with Crippen molar-refractivity contribution < 1.29 is 60.1 Å². The van der Waals surface area contributed by atoms with Crippen molar-refractivity contribution >= 4 is 33.1 Å². The van der Waals surface area contributed by atoms with Crippen LogP contribution in [0.4, 0.5) is 0 Å². The first-order valence-electron chi connectivity index (χ1n) is 0.333. The van der Waals surface area contributed by atoms with Gasteiger partial charge in [-0.2, -0.15) is 0 Å². The van der Waals surface area contributed by atoms with Gasteiger partial charge in [0.25, 0.3) is 0 Å². The third-order valence-corrected chi connectivity index (χ3v) is 0. The van der Waals surface area contributed by atoms with Gasteiger partial charge in [-0.3, -0.25) is 0 Å². The van der Waals surface area contributed by atoms with Crippen molar-refractivity contribution in [3.8, 4) is 0 Å². The van der Waals surface area contributed by atoms with Gasteiger partial charge in [-0.15, -0.1) is 0 Å². The topological polar surface area (TPSA) is 0 Å². The Morgan fingerprint density at radius 1 is 1.00 bits per heavy atom. The first-order valence-corrected chi connectivity index (χ1v) is 4.46. The van der Waals surface area contributed by atoms with Crippen molar-refractivity contribution in [1.29, 1.82) is 0 Å². The Labute approximate surface area is 91.7 Å². The van der Waals surface area contributed by atoms with Gasteiger partial charge in [0.1, 0.15) is 0 Å². The maximum absolute atomic E-state index is 4.09. The van der Waals surface area contributed by atoms with Crippen LogP contribution in [0.5, 0.6) is 0 Å². The molecule has 0 fully saturated rings. The van der Waals surface area contributed by atoms with Gasteiger partial charge in [0.05, 0.1) is 0 Å². The average Bonchev–Trinajstić information content (AvgIpc) is 1.50. The Kier molecular flexibility index (Phi) is 168. The molecular formula is Mo3S3-2. The molecule has 0 bridgehead atoms. The number of rotatable bonds is 0. The van der Waals surface area contributed by atoms with E-state index in [-0.39, 0.29) is 42.1 Å². The molecule has 0 saturated heterocycles. The van der Waals surface area contributed by atoms with Crippen LogP contribution in [0.3, 0.4) is 0 Å². The van der Waals surface area contributed by atoms with Gasteiger partial charge >= 0.3 is 27.8 Å². The van der Waals surface area contributed by atoms with Gasteiger partial charge in [0.2, 0.25) is 0 Å². The van der Waals surface area contributed by atoms with E-state index in [0.29, 0.717) is 0 Å². The van der Waals surface area contributed by atoms with E-state index < -0.39 is 0 Å². The Morgan fingerprint density at radius 3 is 1.00 bits per heavy atom. The molecule has 0 aliphatic heterocycles. The molecule has 0 aromatic rings. The van der Waals surface area contributed by atoms with E-state index in [1.807, 2.05) is 0 Å². The first-order chi connectivity index (χ1) is 2.00. The molecule has 38 valence electrons. The molecule has 0 amide bonds. The van der Waals surface area contributed by atoms with Crippen molar-refractivity contribution in [2.45, 2.75) is 0 Å². The normalized spacial score (nSPS) is 1.67. The van der Waals surface area contributed by atoms with E-state index in [2.05, 4.69) is 33.1 Å². The van der Waals surface area contributed by atoms with Crippen molar-refractivity contribution in [3.63, 3.8) is 0 Å². The molecule has 0 unspecified atom stereocenters. The second-order valence-electron chi connectivity index (χ2n) is 0. The molecule has 0 nitrogen and oxygen atoms in total. The summed E-state index contributed by atoms with van der Waals surface area (Å²) in [6, 6.07) is 0. The SMILES string of the molecule is [Mo].[Mo].[S-][S-].[S]=[Mo]. The fourth-order valence-corrected chi connectivity index (χ4v) is 0. The second kappa shape index (κ2) is 43.7. The minimum absolute atomic E-state index is 0. The average molecular weight is 384 g/mol. The van der Waals surface area contributed by atoms with E-state index in [1.165, 1.54) is 18.0 Å². The molecule has 0 spiro atoms. The van der Waals surface area contributed by atoms with Gasteiger partial charge in [0, 0.05) is 42.1 Å². The summed E-state index contributed by atoms with van der Waals surface area (Å²) in [4.78, 5) is 0. The summed E-state index contributed by atoms with van der Waals surface area (Å²) < 4.78 is 0. The van der Waals surface area contributed by atoms with E-state index in [1.54, 1.807) is 0 Å². The van der Waals surface area contributed by atoms with Crippen molar-refractivity contribution in [3.05, 3.63) is 0 Å². The van der Waals surface area contributed by atoms with Gasteiger partial charge in [-0.05, 0) is 0 Å². The standard InChI is InChI=1S/3Mo.S2.S/c;;;1-2;/q;;;-2;. The summed E-state index contributed by atoms with van der Waals surface area (Å²) >= 11 is 8.87. The molecule has 0 atom stereocenters. The Morgan fingerprint density at radius 2 is 1.00 bits per heavy atom. The summed E-state index contributed by atoms with van der Waals surface area (Å²) in [6.45, 7) is 0. The van der Waals surface area contributed by atoms with Crippen LogP contribution in [0.2, 0.25) is 0 Å². The fourth-order valence-electron chi connectivity index (χ4n) is 0. The summed E-state index contributed by atoms with van der Waals surface area (Å²) in [5, 5.41) is 0. The molecule has 0 saturated carbocycles. The van der Waals surface area contributed by atoms with Crippen LogP contribution in [0.25, 0.3) is 0 Å². The Balaban J connectivity index is -0.00000000500. The molecule has 0 rings (SSSR count). The molecule has 0 aromatic heterocycles. The summed E-state index contributed by atoms with van der Waals surface area (Å²) in [6.07, 6.45) is 0. The zero-order valence-corrected chi connectivity index (χ0v) is 10.9. The minimum atomic E-state index is 0. The molecule has 0 N–H and O–H groups in total. The molecule has 6 heavy (non-hydrogen) atoms. The molecule has 6 heteroatoms. The van der Waals surface area contributed by atoms with Crippen LogP contribution < -0.4 is 0 Å². The van der Waals surface area contributed by atoms with Gasteiger partial charge in [-0.25, -0.2) is 0 Å². The predicted octanol–water partition coefficient (Wildman–Crippen LogP) is 0.636. The summed E-state index contributed by atoms with van der Waals surface area (Å²) in [5.74, 6) is 0. The van der Waals surface area contributed by atoms with E-state index >= 15 is 0 Å². The van der Waals surface area contributed by atoms with E-state index in [4.69, 9.17) is 0 Å². The fraction of sp³-hybridized carbons (Fsp3) is 0. The van der Waals surface area contributed by atoms with Crippen LogP contribution in [-0.2, 0) is 83.4 Å². The van der Waals surface area contributed by atoms with Crippen LogP contribution >= 0.6 is 9.82 Å². The molecule has 0 aliphatic carbocycles.